The Balaban J connectivity index is 1.48. The maximum atomic E-state index is 13.3. The van der Waals surface area contributed by atoms with Gasteiger partial charge in [0.15, 0.2) is 10.6 Å². The molecule has 0 N–H and O–H groups in total. The number of fused-ring (bicyclic) bond motifs is 1. The molecule has 5 rings (SSSR count). The van der Waals surface area contributed by atoms with E-state index in [4.69, 9.17) is 4.99 Å². The minimum Gasteiger partial charge on any atom is -0.313 e. The molecule has 162 valence electrons. The molecule has 0 amide bonds. The van der Waals surface area contributed by atoms with Gasteiger partial charge < -0.3 is 9.13 Å². The van der Waals surface area contributed by atoms with E-state index in [1.54, 1.807) is 23.5 Å². The molecule has 2 aromatic heterocycles. The summed E-state index contributed by atoms with van der Waals surface area (Å²) in [5.41, 5.74) is 3.88. The predicted octanol–water partition coefficient (Wildman–Crippen LogP) is 5.76. The van der Waals surface area contributed by atoms with Crippen LogP contribution in [0, 0.1) is 5.82 Å². The molecule has 2 aromatic carbocycles. The van der Waals surface area contributed by atoms with Gasteiger partial charge in [-0.1, -0.05) is 12.5 Å². The summed E-state index contributed by atoms with van der Waals surface area (Å²) >= 11 is 1.56. The van der Waals surface area contributed by atoms with Gasteiger partial charge in [0, 0.05) is 30.5 Å². The number of aryl methyl sites for hydroxylation is 1. The second kappa shape index (κ2) is 9.04. The maximum absolute atomic E-state index is 13.3. The molecule has 0 saturated carbocycles. The summed E-state index contributed by atoms with van der Waals surface area (Å²) in [6.45, 7) is 5.48. The molecular weight excluding hydrogens is 421 g/mol. The van der Waals surface area contributed by atoms with Crippen LogP contribution in [-0.2, 0) is 19.5 Å². The molecule has 0 unspecified atom stereocenters. The molecule has 32 heavy (non-hydrogen) atoms. The Hall–Kier alpha value is -3.32. The number of allylic oxidation sites excluding steroid dienone is 1. The third kappa shape index (κ3) is 4.08. The van der Waals surface area contributed by atoms with Gasteiger partial charge in [-0.05, 0) is 66.9 Å². The molecule has 4 aromatic rings. The van der Waals surface area contributed by atoms with Crippen LogP contribution in [0.4, 0.5) is 10.1 Å². The van der Waals surface area contributed by atoms with E-state index >= 15 is 0 Å². The molecule has 5 nitrogen and oxygen atoms in total. The smallest absolute Gasteiger partial charge is 0.190 e. The monoisotopic (exact) mass is 445 g/mol. The second-order valence-corrected chi connectivity index (χ2v) is 8.71. The van der Waals surface area contributed by atoms with E-state index in [0.717, 1.165) is 51.9 Å². The van der Waals surface area contributed by atoms with Gasteiger partial charge in [0.1, 0.15) is 11.6 Å². The highest BCUT2D eigenvalue weighted by Crippen LogP contribution is 2.25. The molecule has 3 heterocycles. The van der Waals surface area contributed by atoms with Crippen molar-refractivity contribution in [3.63, 3.8) is 0 Å². The van der Waals surface area contributed by atoms with Gasteiger partial charge in [0.2, 0.25) is 0 Å². The fourth-order valence-electron chi connectivity index (χ4n) is 4.07. The van der Waals surface area contributed by atoms with Crippen LogP contribution in [0.15, 0.2) is 71.6 Å². The topological polar surface area (TPSA) is 48.0 Å². The van der Waals surface area contributed by atoms with E-state index in [1.807, 2.05) is 18.2 Å². The Morgan fingerprint density at radius 3 is 2.56 bits per heavy atom. The minimum atomic E-state index is -0.242. The number of aromatic nitrogens is 4. The van der Waals surface area contributed by atoms with E-state index in [0.29, 0.717) is 6.54 Å². The molecule has 1 aliphatic rings. The van der Waals surface area contributed by atoms with Gasteiger partial charge in [-0.2, -0.15) is 0 Å². The van der Waals surface area contributed by atoms with Crippen molar-refractivity contribution < 1.29 is 4.39 Å². The van der Waals surface area contributed by atoms with Gasteiger partial charge >= 0.3 is 0 Å². The zero-order valence-electron chi connectivity index (χ0n) is 17.7. The minimum absolute atomic E-state index is 0.242. The first kappa shape index (κ1) is 20.6. The highest BCUT2D eigenvalue weighted by molar-refractivity contribution is 7.07. The van der Waals surface area contributed by atoms with Crippen LogP contribution in [0.2, 0.25) is 0 Å². The van der Waals surface area contributed by atoms with E-state index in [9.17, 15) is 4.39 Å². The largest absolute Gasteiger partial charge is 0.313 e. The number of nitrogens with zero attached hydrogens (tertiary/aromatic N) is 5. The van der Waals surface area contributed by atoms with Crippen LogP contribution in [-0.4, -0.2) is 19.3 Å². The highest BCUT2D eigenvalue weighted by atomic mass is 32.1. The standard InChI is InChI=1S/C25H24FN5S/c1-2-15-30-22(18-7-11-20(26)12-8-18)17-32-25(30)27-21-13-9-19(10-14-21)24-29-28-23-6-4-3-5-16-31(23)24/h2,7-14,17H,1,3-6,15-16H2. The summed E-state index contributed by atoms with van der Waals surface area (Å²) in [4.78, 5) is 5.73. The lowest BCUT2D eigenvalue weighted by atomic mass is 10.1. The zero-order valence-corrected chi connectivity index (χ0v) is 18.6. The van der Waals surface area contributed by atoms with Crippen molar-refractivity contribution in [3.05, 3.63) is 83.0 Å². The molecule has 0 radical (unpaired) electrons. The molecule has 7 heteroatoms. The second-order valence-electron chi connectivity index (χ2n) is 7.87. The first-order chi connectivity index (χ1) is 15.7. The van der Waals surface area contributed by atoms with E-state index < -0.39 is 0 Å². The van der Waals surface area contributed by atoms with E-state index in [2.05, 4.69) is 43.4 Å². The molecule has 0 aliphatic carbocycles. The number of halogens is 1. The third-order valence-corrected chi connectivity index (χ3v) is 6.57. The summed E-state index contributed by atoms with van der Waals surface area (Å²) in [5, 5.41) is 10.9. The summed E-state index contributed by atoms with van der Waals surface area (Å²) in [6, 6.07) is 14.7. The number of benzene rings is 2. The number of hydrogen-bond donors (Lipinski definition) is 0. The number of hydrogen-bond acceptors (Lipinski definition) is 4. The summed E-state index contributed by atoms with van der Waals surface area (Å²) in [5.74, 6) is 1.78. The molecule has 0 atom stereocenters. The van der Waals surface area contributed by atoms with Crippen molar-refractivity contribution in [2.45, 2.75) is 38.8 Å². The van der Waals surface area contributed by atoms with Crippen LogP contribution < -0.4 is 4.80 Å². The molecule has 0 bridgehead atoms. The van der Waals surface area contributed by atoms with Crippen molar-refractivity contribution in [3.8, 4) is 22.6 Å². The van der Waals surface area contributed by atoms with Gasteiger partial charge in [-0.25, -0.2) is 9.38 Å². The Morgan fingerprint density at radius 2 is 1.78 bits per heavy atom. The van der Waals surface area contributed by atoms with E-state index in [1.165, 1.54) is 31.4 Å². The number of rotatable bonds is 5. The fraction of sp³-hybridized carbons (Fsp3) is 0.240. The first-order valence-corrected chi connectivity index (χ1v) is 11.7. The highest BCUT2D eigenvalue weighted by Gasteiger charge is 2.16. The third-order valence-electron chi connectivity index (χ3n) is 5.71. The molecule has 0 saturated heterocycles. The van der Waals surface area contributed by atoms with Crippen molar-refractivity contribution >= 4 is 17.0 Å². The summed E-state index contributed by atoms with van der Waals surface area (Å²) in [7, 11) is 0. The Bertz CT molecular complexity index is 1300. The quantitative estimate of drug-likeness (QED) is 0.367. The molecular formula is C25H24FN5S. The van der Waals surface area contributed by atoms with Crippen molar-refractivity contribution in [1.82, 2.24) is 19.3 Å². The summed E-state index contributed by atoms with van der Waals surface area (Å²) in [6.07, 6.45) is 6.44. The van der Waals surface area contributed by atoms with Gasteiger partial charge in [0.05, 0.1) is 11.4 Å². The van der Waals surface area contributed by atoms with Crippen LogP contribution >= 0.6 is 11.3 Å². The average molecular weight is 446 g/mol. The fourth-order valence-corrected chi connectivity index (χ4v) is 5.01. The van der Waals surface area contributed by atoms with E-state index in [-0.39, 0.29) is 5.82 Å². The van der Waals surface area contributed by atoms with Gasteiger partial charge in [-0.15, -0.1) is 28.1 Å². The molecule has 0 spiro atoms. The zero-order chi connectivity index (χ0) is 21.9. The SMILES string of the molecule is C=CCn1c(-c2ccc(F)cc2)csc1=Nc1ccc(-c2nnc3n2CCCCC3)cc1. The van der Waals surface area contributed by atoms with Gasteiger partial charge in [0.25, 0.3) is 0 Å². The Labute approximate surface area is 190 Å². The number of thiazole rings is 1. The lowest BCUT2D eigenvalue weighted by Gasteiger charge is -2.07. The summed E-state index contributed by atoms with van der Waals surface area (Å²) < 4.78 is 17.7. The van der Waals surface area contributed by atoms with Gasteiger partial charge in [-0.3, -0.25) is 0 Å². The van der Waals surface area contributed by atoms with Crippen molar-refractivity contribution in [1.29, 1.82) is 0 Å². The maximum Gasteiger partial charge on any atom is 0.190 e. The lowest BCUT2D eigenvalue weighted by molar-refractivity contribution is 0.628. The Kier molecular flexibility index (Phi) is 5.81. The van der Waals surface area contributed by atoms with Crippen LogP contribution in [0.5, 0.6) is 0 Å². The Morgan fingerprint density at radius 1 is 1.00 bits per heavy atom. The van der Waals surface area contributed by atoms with Crippen molar-refractivity contribution in [2.75, 3.05) is 0 Å². The van der Waals surface area contributed by atoms with Crippen LogP contribution in [0.25, 0.3) is 22.6 Å². The average Bonchev–Trinajstić information content (AvgIpc) is 3.31. The molecule has 1 aliphatic heterocycles. The van der Waals surface area contributed by atoms with Crippen molar-refractivity contribution in [2.24, 2.45) is 4.99 Å². The predicted molar refractivity (Wildman–Crippen MR) is 126 cm³/mol. The normalized spacial score (nSPS) is 14.2. The molecule has 0 fully saturated rings. The first-order valence-electron chi connectivity index (χ1n) is 10.9. The lowest BCUT2D eigenvalue weighted by Crippen LogP contribution is -2.14. The van der Waals surface area contributed by atoms with Crippen LogP contribution in [0.3, 0.4) is 0 Å². The van der Waals surface area contributed by atoms with Crippen LogP contribution in [0.1, 0.15) is 25.1 Å².